The molecule has 0 radical (unpaired) electrons. The van der Waals surface area contributed by atoms with E-state index in [2.05, 4.69) is 0 Å². The zero-order valence-corrected chi connectivity index (χ0v) is 11.2. The predicted molar refractivity (Wildman–Crippen MR) is 64.7 cm³/mol. The zero-order chi connectivity index (χ0) is 12.8. The SMILES string of the molecule is CN(C)/C=C1/C(=O)C2(CCCC2)N(C)S1(=O)=O. The molecule has 0 N–H and O–H groups in total. The quantitative estimate of drug-likeness (QED) is 0.644. The van der Waals surface area contributed by atoms with E-state index < -0.39 is 15.6 Å². The summed E-state index contributed by atoms with van der Waals surface area (Å²) in [5, 5.41) is 0. The summed E-state index contributed by atoms with van der Waals surface area (Å²) in [6.07, 6.45) is 4.54. The molecule has 96 valence electrons. The topological polar surface area (TPSA) is 57.7 Å². The van der Waals surface area contributed by atoms with Crippen LogP contribution in [0.25, 0.3) is 0 Å². The number of nitrogens with zero attached hydrogens (tertiary/aromatic N) is 2. The van der Waals surface area contributed by atoms with Crippen LogP contribution in [0.4, 0.5) is 0 Å². The fraction of sp³-hybridized carbons (Fsp3) is 0.727. The van der Waals surface area contributed by atoms with E-state index in [1.807, 2.05) is 0 Å². The minimum absolute atomic E-state index is 0.0631. The molecule has 0 amide bonds. The monoisotopic (exact) mass is 258 g/mol. The maximum Gasteiger partial charge on any atom is 0.248 e. The number of likely N-dealkylation sites (N-methyl/N-ethyl adjacent to an activating group) is 1. The minimum atomic E-state index is -3.60. The minimum Gasteiger partial charge on any atom is -0.382 e. The molecule has 1 aliphatic heterocycles. The highest BCUT2D eigenvalue weighted by molar-refractivity contribution is 7.94. The highest BCUT2D eigenvalue weighted by atomic mass is 32.2. The number of rotatable bonds is 1. The van der Waals surface area contributed by atoms with E-state index >= 15 is 0 Å². The molecule has 1 spiro atoms. The van der Waals surface area contributed by atoms with Crippen LogP contribution in [-0.4, -0.2) is 50.1 Å². The van der Waals surface area contributed by atoms with Gasteiger partial charge in [-0.1, -0.05) is 12.8 Å². The molecule has 0 unspecified atom stereocenters. The molecule has 6 heteroatoms. The van der Waals surface area contributed by atoms with Crippen LogP contribution >= 0.6 is 0 Å². The highest BCUT2D eigenvalue weighted by Crippen LogP contribution is 2.45. The first-order valence-corrected chi connectivity index (χ1v) is 7.18. The number of hydrogen-bond donors (Lipinski definition) is 0. The highest BCUT2D eigenvalue weighted by Gasteiger charge is 2.58. The van der Waals surface area contributed by atoms with E-state index in [1.165, 1.54) is 17.6 Å². The predicted octanol–water partition coefficient (Wildman–Crippen LogP) is 0.546. The van der Waals surface area contributed by atoms with Crippen molar-refractivity contribution in [3.63, 3.8) is 0 Å². The van der Waals surface area contributed by atoms with Gasteiger partial charge in [-0.2, -0.15) is 4.31 Å². The zero-order valence-electron chi connectivity index (χ0n) is 10.4. The Morgan fingerprint density at radius 3 is 2.29 bits per heavy atom. The molecule has 1 aliphatic carbocycles. The molecule has 1 heterocycles. The van der Waals surface area contributed by atoms with Gasteiger partial charge in [-0.05, 0) is 12.8 Å². The summed E-state index contributed by atoms with van der Waals surface area (Å²) in [5.41, 5.74) is -0.791. The van der Waals surface area contributed by atoms with Gasteiger partial charge in [0, 0.05) is 27.3 Å². The molecule has 0 bridgehead atoms. The average Bonchev–Trinajstić information content (AvgIpc) is 2.77. The molecule has 0 atom stereocenters. The van der Waals surface area contributed by atoms with Gasteiger partial charge in [-0.3, -0.25) is 4.79 Å². The Kier molecular flexibility index (Phi) is 2.82. The Hall–Kier alpha value is -0.880. The van der Waals surface area contributed by atoms with Gasteiger partial charge in [0.2, 0.25) is 10.0 Å². The van der Waals surface area contributed by atoms with Crippen LogP contribution < -0.4 is 0 Å². The van der Waals surface area contributed by atoms with E-state index in [0.717, 1.165) is 12.8 Å². The van der Waals surface area contributed by atoms with Gasteiger partial charge in [0.05, 0.1) is 5.54 Å². The van der Waals surface area contributed by atoms with Crippen LogP contribution in [-0.2, 0) is 14.8 Å². The summed E-state index contributed by atoms with van der Waals surface area (Å²) >= 11 is 0. The third-order valence-corrected chi connectivity index (χ3v) is 5.61. The third kappa shape index (κ3) is 1.62. The standard InChI is InChI=1S/C11H18N2O3S/c1-12(2)8-9-10(14)11(6-4-5-7-11)13(3)17(9,15)16/h8H,4-7H2,1-3H3/b9-8-. The van der Waals surface area contributed by atoms with Crippen molar-refractivity contribution < 1.29 is 13.2 Å². The van der Waals surface area contributed by atoms with Gasteiger partial charge in [-0.15, -0.1) is 0 Å². The number of sulfonamides is 1. The molecular formula is C11H18N2O3S. The van der Waals surface area contributed by atoms with E-state index in [4.69, 9.17) is 0 Å². The van der Waals surface area contributed by atoms with Crippen molar-refractivity contribution in [1.29, 1.82) is 0 Å². The molecule has 2 fully saturated rings. The molecule has 5 nitrogen and oxygen atoms in total. The second-order valence-corrected chi connectivity index (χ2v) is 6.93. The van der Waals surface area contributed by atoms with Gasteiger partial charge >= 0.3 is 0 Å². The first-order chi connectivity index (χ1) is 7.82. The normalized spacial score (nSPS) is 29.4. The third-order valence-electron chi connectivity index (χ3n) is 3.69. The molecule has 1 saturated heterocycles. The molecule has 2 rings (SSSR count). The molecule has 0 aromatic rings. The Balaban J connectivity index is 2.55. The largest absolute Gasteiger partial charge is 0.382 e. The van der Waals surface area contributed by atoms with Crippen molar-refractivity contribution in [2.24, 2.45) is 0 Å². The van der Waals surface area contributed by atoms with Crippen LogP contribution in [0.2, 0.25) is 0 Å². The van der Waals surface area contributed by atoms with Crippen LogP contribution in [0.15, 0.2) is 11.1 Å². The molecule has 2 aliphatic rings. The van der Waals surface area contributed by atoms with Gasteiger partial charge in [0.15, 0.2) is 5.78 Å². The van der Waals surface area contributed by atoms with Gasteiger partial charge in [-0.25, -0.2) is 8.42 Å². The van der Waals surface area contributed by atoms with Crippen molar-refractivity contribution in [1.82, 2.24) is 9.21 Å². The lowest BCUT2D eigenvalue weighted by Gasteiger charge is -2.26. The lowest BCUT2D eigenvalue weighted by molar-refractivity contribution is -0.122. The van der Waals surface area contributed by atoms with Crippen LogP contribution in [0.5, 0.6) is 0 Å². The van der Waals surface area contributed by atoms with Crippen molar-refractivity contribution in [3.8, 4) is 0 Å². The smallest absolute Gasteiger partial charge is 0.248 e. The number of hydrogen-bond acceptors (Lipinski definition) is 4. The molecular weight excluding hydrogens is 240 g/mol. The lowest BCUT2D eigenvalue weighted by atomic mass is 9.92. The van der Waals surface area contributed by atoms with Crippen molar-refractivity contribution in [2.45, 2.75) is 31.2 Å². The summed E-state index contributed by atoms with van der Waals surface area (Å²) in [6.45, 7) is 0. The van der Waals surface area contributed by atoms with Crippen molar-refractivity contribution in [2.75, 3.05) is 21.1 Å². The first kappa shape index (κ1) is 12.6. The summed E-state index contributed by atoms with van der Waals surface area (Å²) < 4.78 is 25.7. The molecule has 1 saturated carbocycles. The number of Topliss-reactive ketones (excluding diaryl/α,β-unsaturated/α-hetero) is 1. The van der Waals surface area contributed by atoms with Crippen LogP contribution in [0, 0.1) is 0 Å². The fourth-order valence-corrected chi connectivity index (χ4v) is 4.52. The fourth-order valence-electron chi connectivity index (χ4n) is 2.73. The second kappa shape index (κ2) is 3.81. The maximum atomic E-state index is 12.4. The van der Waals surface area contributed by atoms with Crippen LogP contribution in [0.3, 0.4) is 0 Å². The van der Waals surface area contributed by atoms with Gasteiger partial charge in [0.1, 0.15) is 4.91 Å². The van der Waals surface area contributed by atoms with Crippen molar-refractivity contribution in [3.05, 3.63) is 11.1 Å². The number of ketones is 1. The van der Waals surface area contributed by atoms with E-state index in [9.17, 15) is 13.2 Å². The summed E-state index contributed by atoms with van der Waals surface area (Å²) in [7, 11) is 1.36. The summed E-state index contributed by atoms with van der Waals surface area (Å²) in [4.78, 5) is 13.9. The Bertz CT molecular complexity index is 473. The summed E-state index contributed by atoms with van der Waals surface area (Å²) in [5.74, 6) is -0.230. The lowest BCUT2D eigenvalue weighted by Crippen LogP contribution is -2.44. The average molecular weight is 258 g/mol. The van der Waals surface area contributed by atoms with Crippen molar-refractivity contribution >= 4 is 15.8 Å². The first-order valence-electron chi connectivity index (χ1n) is 5.74. The second-order valence-electron chi connectivity index (χ2n) is 5.00. The van der Waals surface area contributed by atoms with Crippen LogP contribution in [0.1, 0.15) is 25.7 Å². The van der Waals surface area contributed by atoms with Gasteiger partial charge < -0.3 is 4.90 Å². The number of carbonyl (C=O) groups excluding carboxylic acids is 1. The van der Waals surface area contributed by atoms with E-state index in [1.54, 1.807) is 19.0 Å². The Labute approximate surface area is 102 Å². The maximum absolute atomic E-state index is 12.4. The van der Waals surface area contributed by atoms with E-state index in [0.29, 0.717) is 12.8 Å². The van der Waals surface area contributed by atoms with Gasteiger partial charge in [0.25, 0.3) is 0 Å². The Morgan fingerprint density at radius 2 is 1.82 bits per heavy atom. The number of carbonyl (C=O) groups is 1. The molecule has 17 heavy (non-hydrogen) atoms. The van der Waals surface area contributed by atoms with E-state index in [-0.39, 0.29) is 10.7 Å². The Morgan fingerprint density at radius 1 is 1.29 bits per heavy atom. The summed E-state index contributed by atoms with van der Waals surface area (Å²) in [6, 6.07) is 0. The molecule has 0 aromatic carbocycles. The molecule has 0 aromatic heterocycles.